The van der Waals surface area contributed by atoms with Crippen LogP contribution in [0.25, 0.3) is 0 Å². The minimum absolute atomic E-state index is 0.000967. The Kier molecular flexibility index (Phi) is 6.01. The number of rotatable bonds is 7. The van der Waals surface area contributed by atoms with Crippen LogP contribution in [0, 0.1) is 13.8 Å². The molecule has 1 saturated heterocycles. The van der Waals surface area contributed by atoms with Crippen molar-refractivity contribution in [3.05, 3.63) is 65.2 Å². The van der Waals surface area contributed by atoms with Crippen molar-refractivity contribution in [1.29, 1.82) is 0 Å². The number of carbonyl (C=O) groups excluding carboxylic acids is 2. The van der Waals surface area contributed by atoms with Crippen LogP contribution in [-0.2, 0) is 29.1 Å². The predicted octanol–water partition coefficient (Wildman–Crippen LogP) is 2.91. The van der Waals surface area contributed by atoms with E-state index in [-0.39, 0.29) is 18.1 Å². The second-order valence-electron chi connectivity index (χ2n) is 7.13. The van der Waals surface area contributed by atoms with Gasteiger partial charge < -0.3 is 9.47 Å². The molecule has 0 spiro atoms. The average Bonchev–Trinajstić information content (AvgIpc) is 3.42. The molecule has 160 valence electrons. The van der Waals surface area contributed by atoms with Gasteiger partial charge in [0.05, 0.1) is 24.2 Å². The van der Waals surface area contributed by atoms with Crippen LogP contribution in [0.4, 0.5) is 0 Å². The zero-order valence-electron chi connectivity index (χ0n) is 17.4. The molecule has 0 N–H and O–H groups in total. The second-order valence-corrected chi connectivity index (χ2v) is 8.95. The number of ether oxygens (including phenoxy) is 2. The highest BCUT2D eigenvalue weighted by Gasteiger charge is 2.80. The Morgan fingerprint density at radius 3 is 1.73 bits per heavy atom. The van der Waals surface area contributed by atoms with Gasteiger partial charge in [-0.3, -0.25) is 0 Å². The number of sulfonamides is 1. The van der Waals surface area contributed by atoms with Gasteiger partial charge in [-0.1, -0.05) is 47.5 Å². The lowest BCUT2D eigenvalue weighted by Gasteiger charge is -2.15. The molecule has 0 bridgehead atoms. The Morgan fingerprint density at radius 2 is 1.30 bits per heavy atom. The smallest absolute Gasteiger partial charge is 0.341 e. The molecule has 30 heavy (non-hydrogen) atoms. The first-order chi connectivity index (χ1) is 14.2. The van der Waals surface area contributed by atoms with Crippen molar-refractivity contribution < 1.29 is 27.5 Å². The number of hydrogen-bond donors (Lipinski definition) is 0. The first-order valence-corrected chi connectivity index (χ1v) is 11.2. The van der Waals surface area contributed by atoms with Crippen LogP contribution >= 0.6 is 0 Å². The Balaban J connectivity index is 2.19. The van der Waals surface area contributed by atoms with Crippen LogP contribution < -0.4 is 0 Å². The Hall–Kier alpha value is -2.71. The zero-order chi connectivity index (χ0) is 22.1. The van der Waals surface area contributed by atoms with Gasteiger partial charge in [-0.25, -0.2) is 18.0 Å². The van der Waals surface area contributed by atoms with Gasteiger partial charge in [0.1, 0.15) is 0 Å². The van der Waals surface area contributed by atoms with Gasteiger partial charge in [0.15, 0.2) is 0 Å². The first kappa shape index (κ1) is 22.0. The molecule has 2 atom stereocenters. The van der Waals surface area contributed by atoms with E-state index in [1.54, 1.807) is 50.2 Å². The molecule has 2 unspecified atom stereocenters. The maximum absolute atomic E-state index is 13.5. The highest BCUT2D eigenvalue weighted by atomic mass is 32.2. The van der Waals surface area contributed by atoms with E-state index in [0.29, 0.717) is 5.56 Å². The fourth-order valence-corrected chi connectivity index (χ4v) is 5.36. The minimum Gasteiger partial charge on any atom is -0.464 e. The van der Waals surface area contributed by atoms with Crippen LogP contribution in [0.2, 0.25) is 0 Å². The van der Waals surface area contributed by atoms with Crippen molar-refractivity contribution in [3.63, 3.8) is 0 Å². The van der Waals surface area contributed by atoms with Crippen LogP contribution in [0.5, 0.6) is 0 Å². The van der Waals surface area contributed by atoms with Gasteiger partial charge in [-0.2, -0.15) is 4.31 Å². The fraction of sp³-hybridized carbons (Fsp3) is 0.364. The Bertz CT molecular complexity index is 1030. The van der Waals surface area contributed by atoms with Crippen molar-refractivity contribution in [2.45, 2.75) is 44.2 Å². The molecular formula is C22H25NO6S. The largest absolute Gasteiger partial charge is 0.464 e. The molecule has 1 aliphatic heterocycles. The highest BCUT2D eigenvalue weighted by Crippen LogP contribution is 2.58. The number of nitrogens with zero attached hydrogens (tertiary/aromatic N) is 1. The molecule has 0 aliphatic carbocycles. The van der Waals surface area contributed by atoms with Crippen LogP contribution in [0.3, 0.4) is 0 Å². The molecular weight excluding hydrogens is 406 g/mol. The lowest BCUT2D eigenvalue weighted by molar-refractivity contribution is -0.160. The third kappa shape index (κ3) is 3.50. The molecule has 3 rings (SSSR count). The van der Waals surface area contributed by atoms with Gasteiger partial charge in [0, 0.05) is 0 Å². The van der Waals surface area contributed by atoms with Crippen LogP contribution in [0.15, 0.2) is 53.4 Å². The normalized spacial score (nSPS) is 19.7. The minimum atomic E-state index is -4.19. The summed E-state index contributed by atoms with van der Waals surface area (Å²) in [5, 5.41) is 0. The summed E-state index contributed by atoms with van der Waals surface area (Å²) in [6.07, 6.45) is 0. The van der Waals surface area contributed by atoms with Crippen molar-refractivity contribution >= 4 is 22.0 Å². The van der Waals surface area contributed by atoms with E-state index in [1.165, 1.54) is 12.1 Å². The summed E-state index contributed by atoms with van der Waals surface area (Å²) in [5.41, 5.74) is 0.268. The van der Waals surface area contributed by atoms with Gasteiger partial charge in [-0.05, 0) is 45.4 Å². The van der Waals surface area contributed by atoms with Crippen molar-refractivity contribution in [1.82, 2.24) is 4.31 Å². The topological polar surface area (TPSA) is 89.8 Å². The number of hydrogen-bond acceptors (Lipinski definition) is 6. The van der Waals surface area contributed by atoms with E-state index < -0.39 is 33.5 Å². The summed E-state index contributed by atoms with van der Waals surface area (Å²) < 4.78 is 38.2. The quantitative estimate of drug-likeness (QED) is 0.380. The summed E-state index contributed by atoms with van der Waals surface area (Å²) in [4.78, 5) is 26.0. The Labute approximate surface area is 176 Å². The molecule has 0 aromatic heterocycles. The molecule has 7 nitrogen and oxygen atoms in total. The van der Waals surface area contributed by atoms with Gasteiger partial charge in [0.25, 0.3) is 5.54 Å². The van der Waals surface area contributed by atoms with E-state index in [0.717, 1.165) is 15.4 Å². The lowest BCUT2D eigenvalue weighted by Crippen LogP contribution is -2.43. The number of esters is 2. The van der Waals surface area contributed by atoms with Crippen molar-refractivity contribution in [2.75, 3.05) is 13.2 Å². The standard InChI is InChI=1S/C22H25NO6S/c1-5-28-20(24)22(21(25)29-6-2)19(17-11-7-15(3)8-12-17)23(22)30(26,27)18-13-9-16(4)10-14-18/h7-14,19H,5-6H2,1-4H3. The second kappa shape index (κ2) is 8.20. The van der Waals surface area contributed by atoms with E-state index >= 15 is 0 Å². The molecule has 2 aromatic carbocycles. The third-order valence-corrected chi connectivity index (χ3v) is 6.94. The number of carbonyl (C=O) groups is 2. The summed E-state index contributed by atoms with van der Waals surface area (Å²) in [6.45, 7) is 6.92. The predicted molar refractivity (Wildman–Crippen MR) is 110 cm³/mol. The van der Waals surface area contributed by atoms with E-state index in [1.807, 2.05) is 13.8 Å². The number of aryl methyl sites for hydroxylation is 2. The SMILES string of the molecule is CCOC(=O)C1(C(=O)OCC)C(c2ccc(C)cc2)N1S(=O)(=O)c1ccc(C)cc1. The molecule has 0 radical (unpaired) electrons. The first-order valence-electron chi connectivity index (χ1n) is 9.73. The molecule has 0 amide bonds. The van der Waals surface area contributed by atoms with Crippen LogP contribution in [0.1, 0.15) is 36.6 Å². The third-order valence-electron chi connectivity index (χ3n) is 5.05. The summed E-state index contributed by atoms with van der Waals surface area (Å²) in [7, 11) is -4.19. The van der Waals surface area contributed by atoms with E-state index in [9.17, 15) is 18.0 Å². The van der Waals surface area contributed by atoms with Gasteiger partial charge in [0.2, 0.25) is 10.0 Å². The van der Waals surface area contributed by atoms with Crippen molar-refractivity contribution in [2.24, 2.45) is 0 Å². The highest BCUT2D eigenvalue weighted by molar-refractivity contribution is 7.89. The maximum atomic E-state index is 13.5. The molecule has 1 heterocycles. The summed E-state index contributed by atoms with van der Waals surface area (Å²) >= 11 is 0. The monoisotopic (exact) mass is 431 g/mol. The molecule has 8 heteroatoms. The molecule has 1 aliphatic rings. The summed E-state index contributed by atoms with van der Waals surface area (Å²) in [5.74, 6) is -1.88. The van der Waals surface area contributed by atoms with Crippen molar-refractivity contribution in [3.8, 4) is 0 Å². The molecule has 1 fully saturated rings. The fourth-order valence-electron chi connectivity index (χ4n) is 3.52. The lowest BCUT2D eigenvalue weighted by atomic mass is 9.98. The van der Waals surface area contributed by atoms with Crippen LogP contribution in [-0.4, -0.2) is 43.4 Å². The Morgan fingerprint density at radius 1 is 0.867 bits per heavy atom. The molecule has 2 aromatic rings. The van der Waals surface area contributed by atoms with E-state index in [2.05, 4.69) is 0 Å². The molecule has 0 saturated carbocycles. The average molecular weight is 432 g/mol. The zero-order valence-corrected chi connectivity index (χ0v) is 18.2. The van der Waals surface area contributed by atoms with E-state index in [4.69, 9.17) is 9.47 Å². The maximum Gasteiger partial charge on any atom is 0.341 e. The summed E-state index contributed by atoms with van der Waals surface area (Å²) in [6, 6.07) is 12.2. The van der Waals surface area contributed by atoms with Gasteiger partial charge in [-0.15, -0.1) is 0 Å². The number of benzene rings is 2. The van der Waals surface area contributed by atoms with Gasteiger partial charge >= 0.3 is 11.9 Å².